The van der Waals surface area contributed by atoms with Crippen molar-refractivity contribution in [3.05, 3.63) is 65.9 Å². The summed E-state index contributed by atoms with van der Waals surface area (Å²) in [5, 5.41) is 2.52. The number of pyridine rings is 1. The molecule has 3 aromatic rings. The summed E-state index contributed by atoms with van der Waals surface area (Å²) < 4.78 is 46.4. The molecular formula is C19H17F3N4O2. The highest BCUT2D eigenvalue weighted by Gasteiger charge is 2.31. The average molecular weight is 390 g/mol. The van der Waals surface area contributed by atoms with Crippen LogP contribution in [0.4, 0.5) is 18.9 Å². The molecule has 1 aromatic carbocycles. The first-order valence-corrected chi connectivity index (χ1v) is 8.27. The van der Waals surface area contributed by atoms with E-state index in [0.29, 0.717) is 11.3 Å². The number of alkyl halides is 3. The lowest BCUT2D eigenvalue weighted by atomic mass is 10.1. The number of anilines is 1. The third-order valence-corrected chi connectivity index (χ3v) is 3.93. The summed E-state index contributed by atoms with van der Waals surface area (Å²) in [6, 6.07) is 6.66. The fourth-order valence-corrected chi connectivity index (χ4v) is 2.68. The van der Waals surface area contributed by atoms with Crippen molar-refractivity contribution in [3.63, 3.8) is 0 Å². The normalized spacial score (nSPS) is 11.3. The topological polar surface area (TPSA) is 69.0 Å². The van der Waals surface area contributed by atoms with Gasteiger partial charge in [-0.15, -0.1) is 0 Å². The molecule has 3 rings (SSSR count). The van der Waals surface area contributed by atoms with Gasteiger partial charge in [0.05, 0.1) is 31.1 Å². The molecule has 0 aliphatic carbocycles. The van der Waals surface area contributed by atoms with Crippen molar-refractivity contribution < 1.29 is 22.7 Å². The van der Waals surface area contributed by atoms with Crippen molar-refractivity contribution in [1.82, 2.24) is 14.5 Å². The molecule has 1 N–H and O–H groups in total. The van der Waals surface area contributed by atoms with Crippen molar-refractivity contribution in [1.29, 1.82) is 0 Å². The Bertz CT molecular complexity index is 999. The van der Waals surface area contributed by atoms with Crippen molar-refractivity contribution in [2.45, 2.75) is 19.5 Å². The Morgan fingerprint density at radius 1 is 1.25 bits per heavy atom. The third-order valence-electron chi connectivity index (χ3n) is 3.93. The zero-order valence-corrected chi connectivity index (χ0v) is 15.1. The highest BCUT2D eigenvalue weighted by molar-refractivity contribution is 5.93. The summed E-state index contributed by atoms with van der Waals surface area (Å²) in [5.74, 6) is -0.199. The Hall–Kier alpha value is -3.36. The van der Waals surface area contributed by atoms with Crippen LogP contribution in [-0.4, -0.2) is 27.6 Å². The molecule has 2 heterocycles. The summed E-state index contributed by atoms with van der Waals surface area (Å²) in [7, 11) is 1.43. The van der Waals surface area contributed by atoms with E-state index in [9.17, 15) is 18.0 Å². The number of halogens is 3. The molecule has 0 spiro atoms. The van der Waals surface area contributed by atoms with Gasteiger partial charge in [-0.25, -0.2) is 9.97 Å². The summed E-state index contributed by atoms with van der Waals surface area (Å²) in [4.78, 5) is 20.4. The number of methoxy groups -OCH3 is 1. The largest absolute Gasteiger partial charge is 0.481 e. The number of ether oxygens (including phenoxy) is 1. The van der Waals surface area contributed by atoms with Gasteiger partial charge in [-0.05, 0) is 31.2 Å². The molecule has 0 saturated heterocycles. The van der Waals surface area contributed by atoms with Crippen LogP contribution < -0.4 is 10.1 Å². The van der Waals surface area contributed by atoms with Gasteiger partial charge in [0.2, 0.25) is 11.8 Å². The number of aryl methyl sites for hydroxylation is 1. The van der Waals surface area contributed by atoms with Crippen LogP contribution in [0.3, 0.4) is 0 Å². The lowest BCUT2D eigenvalue weighted by Crippen LogP contribution is -2.16. The molecule has 1 amide bonds. The highest BCUT2D eigenvalue weighted by Crippen LogP contribution is 2.33. The third kappa shape index (κ3) is 4.48. The second-order valence-corrected chi connectivity index (χ2v) is 6.09. The van der Waals surface area contributed by atoms with Crippen molar-refractivity contribution >= 4 is 11.6 Å². The first kappa shape index (κ1) is 19.4. The Morgan fingerprint density at radius 2 is 2.04 bits per heavy atom. The predicted octanol–water partition coefficient (Wildman–Crippen LogP) is 3.78. The van der Waals surface area contributed by atoms with Gasteiger partial charge in [0.15, 0.2) is 0 Å². The Morgan fingerprint density at radius 3 is 2.68 bits per heavy atom. The molecule has 28 heavy (non-hydrogen) atoms. The van der Waals surface area contributed by atoms with Crippen LogP contribution in [0.5, 0.6) is 5.88 Å². The van der Waals surface area contributed by atoms with Crippen LogP contribution in [0.2, 0.25) is 0 Å². The van der Waals surface area contributed by atoms with Gasteiger partial charge in [0.25, 0.3) is 0 Å². The van der Waals surface area contributed by atoms with Crippen molar-refractivity contribution in [2.75, 3.05) is 12.4 Å². The number of benzene rings is 1. The fourth-order valence-electron chi connectivity index (χ4n) is 2.68. The van der Waals surface area contributed by atoms with E-state index in [2.05, 4.69) is 15.3 Å². The maximum absolute atomic E-state index is 13.3. The van der Waals surface area contributed by atoms with Crippen molar-refractivity contribution in [3.8, 4) is 11.6 Å². The van der Waals surface area contributed by atoms with Crippen LogP contribution in [0, 0.1) is 6.92 Å². The Kier molecular flexibility index (Phi) is 5.34. The van der Waals surface area contributed by atoms with Crippen LogP contribution in [0.25, 0.3) is 5.69 Å². The van der Waals surface area contributed by atoms with Crippen LogP contribution in [0.1, 0.15) is 16.8 Å². The van der Waals surface area contributed by atoms with Gasteiger partial charge in [0.1, 0.15) is 0 Å². The fraction of sp³-hybridized carbons (Fsp3) is 0.211. The number of rotatable bonds is 5. The van der Waals surface area contributed by atoms with E-state index in [0.717, 1.165) is 12.1 Å². The molecule has 9 heteroatoms. The number of carbonyl (C=O) groups excluding carboxylic acids is 1. The number of hydrogen-bond donors (Lipinski definition) is 1. The van der Waals surface area contributed by atoms with Crippen LogP contribution >= 0.6 is 0 Å². The van der Waals surface area contributed by atoms with Gasteiger partial charge in [-0.1, -0.05) is 6.07 Å². The lowest BCUT2D eigenvalue weighted by Gasteiger charge is -2.14. The summed E-state index contributed by atoms with van der Waals surface area (Å²) in [5.41, 5.74) is 0.589. The molecule has 0 atom stereocenters. The molecule has 0 fully saturated rings. The zero-order valence-electron chi connectivity index (χ0n) is 15.1. The van der Waals surface area contributed by atoms with Crippen molar-refractivity contribution in [2.24, 2.45) is 0 Å². The maximum Gasteiger partial charge on any atom is 0.416 e. The first-order chi connectivity index (χ1) is 13.3. The van der Waals surface area contributed by atoms with E-state index < -0.39 is 17.6 Å². The smallest absolute Gasteiger partial charge is 0.416 e. The number of nitrogens with zero attached hydrogens (tertiary/aromatic N) is 3. The monoisotopic (exact) mass is 390 g/mol. The molecule has 0 saturated carbocycles. The summed E-state index contributed by atoms with van der Waals surface area (Å²) >= 11 is 0. The van der Waals surface area contributed by atoms with Gasteiger partial charge < -0.3 is 14.6 Å². The number of aromatic nitrogens is 3. The Labute approximate surface area is 159 Å². The number of amides is 1. The maximum atomic E-state index is 13.3. The molecular weight excluding hydrogens is 373 g/mol. The number of imidazole rings is 1. The molecule has 146 valence electrons. The first-order valence-electron chi connectivity index (χ1n) is 8.27. The van der Waals surface area contributed by atoms with E-state index in [1.165, 1.54) is 30.3 Å². The van der Waals surface area contributed by atoms with E-state index in [4.69, 9.17) is 4.74 Å². The average Bonchev–Trinajstić information content (AvgIpc) is 3.07. The molecule has 0 aliphatic heterocycles. The Balaban J connectivity index is 1.89. The second-order valence-electron chi connectivity index (χ2n) is 6.09. The van der Waals surface area contributed by atoms with Gasteiger partial charge in [0, 0.05) is 29.3 Å². The van der Waals surface area contributed by atoms with Gasteiger partial charge in [-0.2, -0.15) is 13.2 Å². The van der Waals surface area contributed by atoms with E-state index in [-0.39, 0.29) is 23.7 Å². The standard InChI is InChI=1S/C19H17F3N4O2/c1-12-10-26(11-24-12)16-8-14(19(20,21)22)7-15(9-16)25-17(27)6-13-4-3-5-23-18(13)28-2/h3-5,7-11H,6H2,1-2H3,(H,25,27). The lowest BCUT2D eigenvalue weighted by molar-refractivity contribution is -0.137. The number of carbonyl (C=O) groups is 1. The van der Waals surface area contributed by atoms with Crippen LogP contribution in [0.15, 0.2) is 49.1 Å². The molecule has 0 bridgehead atoms. The SMILES string of the molecule is COc1ncccc1CC(=O)Nc1cc(-n2cnc(C)c2)cc(C(F)(F)F)c1. The van der Waals surface area contributed by atoms with E-state index >= 15 is 0 Å². The summed E-state index contributed by atoms with van der Waals surface area (Å²) in [6.07, 6.45) is -0.116. The number of nitrogens with one attached hydrogen (secondary N) is 1. The highest BCUT2D eigenvalue weighted by atomic mass is 19.4. The molecule has 2 aromatic heterocycles. The summed E-state index contributed by atoms with van der Waals surface area (Å²) in [6.45, 7) is 1.73. The molecule has 6 nitrogen and oxygen atoms in total. The second kappa shape index (κ2) is 7.71. The van der Waals surface area contributed by atoms with Gasteiger partial charge >= 0.3 is 6.18 Å². The quantitative estimate of drug-likeness (QED) is 0.720. The number of hydrogen-bond acceptors (Lipinski definition) is 4. The minimum atomic E-state index is -4.56. The molecule has 0 unspecified atom stereocenters. The zero-order chi connectivity index (χ0) is 20.3. The minimum Gasteiger partial charge on any atom is -0.481 e. The minimum absolute atomic E-state index is 0.0315. The van der Waals surface area contributed by atoms with Gasteiger partial charge in [-0.3, -0.25) is 4.79 Å². The predicted molar refractivity (Wildman–Crippen MR) is 96.4 cm³/mol. The van der Waals surface area contributed by atoms with E-state index in [1.807, 2.05) is 0 Å². The molecule has 0 radical (unpaired) electrons. The molecule has 0 aliphatic rings. The van der Waals surface area contributed by atoms with Crippen LogP contribution in [-0.2, 0) is 17.4 Å². The van der Waals surface area contributed by atoms with E-state index in [1.54, 1.807) is 25.3 Å².